The Morgan fingerprint density at radius 1 is 0.678 bits per heavy atom. The minimum atomic E-state index is -0.744. The molecule has 59 heavy (non-hydrogen) atoms. The number of carbonyl (C=O) groups is 4. The molecule has 0 saturated carbocycles. The number of hydrogen-bond acceptors (Lipinski definition) is 7. The fraction of sp³-hybridized carbons (Fsp3) is 0.417. The molecule has 0 saturated heterocycles. The van der Waals surface area contributed by atoms with E-state index in [1.165, 1.54) is 27.8 Å². The van der Waals surface area contributed by atoms with Crippen LogP contribution in [0.4, 0.5) is 11.4 Å². The molecule has 0 aromatic heterocycles. The van der Waals surface area contributed by atoms with Crippen molar-refractivity contribution >= 4 is 35.1 Å². The Labute approximate surface area is 350 Å². The molecular formula is C48H64N6O5. The van der Waals surface area contributed by atoms with Crippen LogP contribution < -0.4 is 21.7 Å². The Bertz CT molecular complexity index is 2030. The smallest absolute Gasteiger partial charge is 0.303 e. The van der Waals surface area contributed by atoms with Crippen LogP contribution in [0.1, 0.15) is 83.0 Å². The van der Waals surface area contributed by atoms with Gasteiger partial charge in [-0.2, -0.15) is 0 Å². The van der Waals surface area contributed by atoms with Crippen LogP contribution in [0.3, 0.4) is 0 Å². The number of amides is 3. The number of benzene rings is 4. The summed E-state index contributed by atoms with van der Waals surface area (Å²) in [4.78, 5) is 50.3. The van der Waals surface area contributed by atoms with Crippen LogP contribution in [0.15, 0.2) is 84.9 Å². The lowest BCUT2D eigenvalue weighted by molar-refractivity contribution is -0.137. The van der Waals surface area contributed by atoms with Crippen molar-refractivity contribution in [3.63, 3.8) is 0 Å². The molecule has 0 bridgehead atoms. The van der Waals surface area contributed by atoms with Gasteiger partial charge in [-0.05, 0) is 123 Å². The molecule has 4 aromatic carbocycles. The van der Waals surface area contributed by atoms with Crippen molar-refractivity contribution in [3.05, 3.63) is 129 Å². The molecule has 2 aliphatic rings. The van der Waals surface area contributed by atoms with Crippen LogP contribution in [0.25, 0.3) is 0 Å². The number of carboxylic acid groups (broad SMARTS) is 1. The van der Waals surface area contributed by atoms with Crippen LogP contribution in [-0.4, -0.2) is 92.0 Å². The lowest BCUT2D eigenvalue weighted by Gasteiger charge is -2.26. The van der Waals surface area contributed by atoms with Crippen molar-refractivity contribution in [2.45, 2.75) is 90.1 Å². The van der Waals surface area contributed by atoms with E-state index in [4.69, 9.17) is 10.8 Å². The summed E-state index contributed by atoms with van der Waals surface area (Å²) in [5.41, 5.74) is 17.1. The summed E-state index contributed by atoms with van der Waals surface area (Å²) in [6, 6.07) is 28.5. The molecule has 0 radical (unpaired) electrons. The number of nitrogens with one attached hydrogen (secondary N) is 3. The number of aliphatic carboxylic acids is 1. The summed E-state index contributed by atoms with van der Waals surface area (Å²) >= 11 is 0. The van der Waals surface area contributed by atoms with Gasteiger partial charge in [-0.15, -0.1) is 0 Å². The van der Waals surface area contributed by atoms with Crippen LogP contribution in [0.2, 0.25) is 0 Å². The number of nitrogens with two attached hydrogens (primary N) is 1. The van der Waals surface area contributed by atoms with Gasteiger partial charge >= 0.3 is 5.97 Å². The van der Waals surface area contributed by atoms with Gasteiger partial charge in [0.25, 0.3) is 0 Å². The van der Waals surface area contributed by atoms with Gasteiger partial charge in [-0.3, -0.25) is 19.2 Å². The third-order valence-corrected chi connectivity index (χ3v) is 11.5. The van der Waals surface area contributed by atoms with E-state index in [0.717, 1.165) is 40.9 Å². The number of nitrogens with zero attached hydrogens (tertiary/aromatic N) is 2. The average Bonchev–Trinajstić information content (AvgIpc) is 3.79. The first-order chi connectivity index (χ1) is 28.1. The van der Waals surface area contributed by atoms with E-state index in [1.54, 1.807) is 0 Å². The maximum Gasteiger partial charge on any atom is 0.303 e. The predicted octanol–water partition coefficient (Wildman–Crippen LogP) is 6.46. The zero-order valence-corrected chi connectivity index (χ0v) is 36.1. The summed E-state index contributed by atoms with van der Waals surface area (Å²) in [6.07, 6.45) is 3.39. The van der Waals surface area contributed by atoms with Gasteiger partial charge in [0.05, 0.1) is 19.3 Å². The van der Waals surface area contributed by atoms with E-state index in [9.17, 15) is 19.2 Å². The molecule has 6 rings (SSSR count). The number of hydrogen-bond donors (Lipinski definition) is 5. The van der Waals surface area contributed by atoms with Gasteiger partial charge in [-0.25, -0.2) is 0 Å². The number of rotatable bonds is 15. The molecule has 4 aromatic rings. The maximum atomic E-state index is 12.5. The summed E-state index contributed by atoms with van der Waals surface area (Å²) < 4.78 is 0. The van der Waals surface area contributed by atoms with Crippen LogP contribution in [-0.2, 0) is 44.9 Å². The summed E-state index contributed by atoms with van der Waals surface area (Å²) in [5.74, 6) is -0.223. The summed E-state index contributed by atoms with van der Waals surface area (Å²) in [7, 11) is 8.17. The van der Waals surface area contributed by atoms with Gasteiger partial charge in [0.2, 0.25) is 17.7 Å². The van der Waals surface area contributed by atoms with E-state index >= 15 is 0 Å². The molecule has 6 N–H and O–H groups in total. The molecule has 3 amide bonds. The molecule has 0 spiro atoms. The molecular weight excluding hydrogens is 741 g/mol. The first kappa shape index (κ1) is 46.3. The Morgan fingerprint density at radius 3 is 1.51 bits per heavy atom. The van der Waals surface area contributed by atoms with Crippen molar-refractivity contribution in [1.82, 2.24) is 15.1 Å². The molecule has 11 nitrogen and oxygen atoms in total. The van der Waals surface area contributed by atoms with E-state index in [1.807, 2.05) is 95.8 Å². The predicted molar refractivity (Wildman–Crippen MR) is 238 cm³/mol. The maximum absolute atomic E-state index is 12.5. The van der Waals surface area contributed by atoms with Gasteiger partial charge in [0.1, 0.15) is 0 Å². The topological polar surface area (TPSA) is 157 Å². The zero-order valence-electron chi connectivity index (χ0n) is 36.1. The second-order valence-electron chi connectivity index (χ2n) is 16.3. The molecule has 4 atom stereocenters. The minimum absolute atomic E-state index is 0.0595. The third kappa shape index (κ3) is 13.6. The number of carboxylic acids is 1. The van der Waals surface area contributed by atoms with Gasteiger partial charge in [-0.1, -0.05) is 86.6 Å². The highest BCUT2D eigenvalue weighted by molar-refractivity contribution is 6.00. The van der Waals surface area contributed by atoms with Crippen molar-refractivity contribution in [2.24, 2.45) is 5.73 Å². The Morgan fingerprint density at radius 2 is 1.10 bits per heavy atom. The molecule has 2 aliphatic heterocycles. The normalized spacial score (nSPS) is 14.7. The Hall–Kier alpha value is -5.36. The molecule has 0 aliphatic carbocycles. The molecule has 2 heterocycles. The molecule has 11 heteroatoms. The number of carbonyl (C=O) groups excluding carboxylic acids is 3. The number of likely N-dealkylation sites (N-methyl/N-ethyl adjacent to an activating group) is 2. The van der Waals surface area contributed by atoms with Gasteiger partial charge in [0.15, 0.2) is 0 Å². The lowest BCUT2D eigenvalue weighted by Crippen LogP contribution is -2.42. The first-order valence-electron chi connectivity index (χ1n) is 20.5. The fourth-order valence-electron chi connectivity index (χ4n) is 7.52. The van der Waals surface area contributed by atoms with Gasteiger partial charge < -0.3 is 36.6 Å². The quantitative estimate of drug-likeness (QED) is 0.0918. The van der Waals surface area contributed by atoms with Crippen molar-refractivity contribution in [2.75, 3.05) is 51.9 Å². The second kappa shape index (κ2) is 22.1. The highest BCUT2D eigenvalue weighted by atomic mass is 16.4. The lowest BCUT2D eigenvalue weighted by atomic mass is 9.94. The number of anilines is 2. The molecule has 0 fully saturated rings. The summed E-state index contributed by atoms with van der Waals surface area (Å²) in [6.45, 7) is 9.42. The molecule has 0 unspecified atom stereocenters. The monoisotopic (exact) mass is 804 g/mol. The van der Waals surface area contributed by atoms with E-state index in [2.05, 4.69) is 70.8 Å². The second-order valence-corrected chi connectivity index (χ2v) is 16.3. The minimum Gasteiger partial charge on any atom is -0.481 e. The van der Waals surface area contributed by atoms with E-state index in [-0.39, 0.29) is 42.0 Å². The fourth-order valence-corrected chi connectivity index (χ4v) is 7.52. The first-order valence-corrected chi connectivity index (χ1v) is 20.5. The van der Waals surface area contributed by atoms with Crippen LogP contribution >= 0.6 is 0 Å². The SMILES string of the molecule is C[C@@H](CC(=O)O)c1ccccc1.Cc1c(C[C@@H](CN)N(C)C)ccc2c1CC(=O)N2.Cc1c(C[C@@H](CNC(=O)C[C@H](C)c2ccccc2)N(C)C)ccc2c1CC(=O)N2. The third-order valence-electron chi connectivity index (χ3n) is 11.5. The van der Waals surface area contributed by atoms with Crippen molar-refractivity contribution < 1.29 is 24.3 Å². The van der Waals surface area contributed by atoms with Crippen molar-refractivity contribution in [1.29, 1.82) is 0 Å². The Balaban J connectivity index is 0.000000217. The van der Waals surface area contributed by atoms with E-state index in [0.29, 0.717) is 38.4 Å². The highest BCUT2D eigenvalue weighted by Gasteiger charge is 2.24. The summed E-state index contributed by atoms with van der Waals surface area (Å²) in [5, 5.41) is 17.5. The largest absolute Gasteiger partial charge is 0.481 e. The van der Waals surface area contributed by atoms with Gasteiger partial charge in [0, 0.05) is 43.0 Å². The average molecular weight is 805 g/mol. The molecule has 316 valence electrons. The standard InChI is InChI=1S/C24H31N3O2.C14H21N3O.C10H12O2/c1-16(18-8-6-5-7-9-18)12-23(28)25-15-20(27(3)4)13-19-10-11-22-21(17(19)2)14-24(29)26-22;1-9-10(6-11(8-15)17(2)3)4-5-13-12(9)7-14(18)16-13;1-8(7-10(11)12)9-5-3-2-4-6-9/h5-11,16,20H,12-15H2,1-4H3,(H,25,28)(H,26,29);4-5,11H,6-8,15H2,1-3H3,(H,16,18);2-6,8H,7H2,1H3,(H,11,12)/t16-,20-;11-;8-/m000/s1. The van der Waals surface area contributed by atoms with Crippen molar-refractivity contribution in [3.8, 4) is 0 Å². The Kier molecular flexibility index (Phi) is 17.4. The van der Waals surface area contributed by atoms with Crippen LogP contribution in [0.5, 0.6) is 0 Å². The number of fused-ring (bicyclic) bond motifs is 2. The highest BCUT2D eigenvalue weighted by Crippen LogP contribution is 2.30. The van der Waals surface area contributed by atoms with E-state index < -0.39 is 5.97 Å². The zero-order chi connectivity index (χ0) is 43.2. The van der Waals surface area contributed by atoms with Crippen LogP contribution in [0, 0.1) is 13.8 Å².